The lowest BCUT2D eigenvalue weighted by molar-refractivity contribution is -0.147. The van der Waals surface area contributed by atoms with Gasteiger partial charge in [-0.15, -0.1) is 0 Å². The third kappa shape index (κ3) is 8.47. The summed E-state index contributed by atoms with van der Waals surface area (Å²) >= 11 is 0. The van der Waals surface area contributed by atoms with Crippen LogP contribution in [0.1, 0.15) is 74.7 Å². The molecule has 0 fully saturated rings. The van der Waals surface area contributed by atoms with Gasteiger partial charge in [0.2, 0.25) is 23.4 Å². The van der Waals surface area contributed by atoms with Crippen molar-refractivity contribution < 1.29 is 37.3 Å². The number of esters is 1. The van der Waals surface area contributed by atoms with E-state index in [0.717, 1.165) is 11.6 Å². The minimum Gasteiger partial charge on any atom is -0.481 e. The Labute approximate surface area is 257 Å². The van der Waals surface area contributed by atoms with E-state index in [2.05, 4.69) is 25.6 Å². The van der Waals surface area contributed by atoms with Crippen LogP contribution in [0.25, 0.3) is 22.8 Å². The third-order valence-electron chi connectivity index (χ3n) is 6.46. The summed E-state index contributed by atoms with van der Waals surface area (Å²) in [7, 11) is 0. The fourth-order valence-electron chi connectivity index (χ4n) is 4.02. The van der Waals surface area contributed by atoms with E-state index >= 15 is 0 Å². The van der Waals surface area contributed by atoms with E-state index in [1.54, 1.807) is 19.1 Å². The van der Waals surface area contributed by atoms with Crippen molar-refractivity contribution in [3.05, 3.63) is 65.6 Å². The molecule has 0 bridgehead atoms. The summed E-state index contributed by atoms with van der Waals surface area (Å²) in [6.45, 7) is 7.13. The van der Waals surface area contributed by atoms with Gasteiger partial charge in [0.15, 0.2) is 6.10 Å². The number of carbonyl (C=O) groups excluding carboxylic acids is 3. The molecule has 2 aromatic heterocycles. The molecule has 3 unspecified atom stereocenters. The topological polar surface area (TPSA) is 212 Å². The van der Waals surface area contributed by atoms with Crippen LogP contribution in [0, 0.1) is 5.82 Å². The molecule has 4 aromatic rings. The molecule has 0 spiro atoms. The zero-order valence-corrected chi connectivity index (χ0v) is 25.2. The van der Waals surface area contributed by atoms with Gasteiger partial charge in [-0.25, -0.2) is 4.39 Å². The lowest BCUT2D eigenvalue weighted by Crippen LogP contribution is -2.41. The molecule has 0 aliphatic rings. The smallest absolute Gasteiger partial charge is 0.323 e. The van der Waals surface area contributed by atoms with Gasteiger partial charge in [0.25, 0.3) is 11.8 Å². The van der Waals surface area contributed by atoms with Crippen LogP contribution in [-0.4, -0.2) is 56.8 Å². The molecule has 45 heavy (non-hydrogen) atoms. The molecule has 0 saturated heterocycles. The lowest BCUT2D eigenvalue weighted by atomic mass is 10.1. The SMILES string of the molecule is CCC(Oc1ccc(-c2noc(C(C)C)n2)cc1)c1nc(-c2ccc(C(=O)NC(C)COC(=O)C(N)CC(N)=O)c(F)c2)no1. The number of aromatic nitrogens is 4. The van der Waals surface area contributed by atoms with Gasteiger partial charge < -0.3 is 35.3 Å². The Balaban J connectivity index is 1.36. The van der Waals surface area contributed by atoms with Crippen LogP contribution in [0.4, 0.5) is 4.39 Å². The lowest BCUT2D eigenvalue weighted by Gasteiger charge is -2.16. The Morgan fingerprint density at radius 1 is 0.956 bits per heavy atom. The Kier molecular flexibility index (Phi) is 10.6. The van der Waals surface area contributed by atoms with Gasteiger partial charge in [-0.05, 0) is 49.7 Å². The maximum Gasteiger partial charge on any atom is 0.323 e. The molecular formula is C30H34FN7O7. The predicted molar refractivity (Wildman–Crippen MR) is 157 cm³/mol. The van der Waals surface area contributed by atoms with Gasteiger partial charge >= 0.3 is 5.97 Å². The third-order valence-corrected chi connectivity index (χ3v) is 6.46. The summed E-state index contributed by atoms with van der Waals surface area (Å²) in [5, 5.41) is 10.5. The number of nitrogens with two attached hydrogens (primary N) is 2. The number of amides is 2. The quantitative estimate of drug-likeness (QED) is 0.172. The van der Waals surface area contributed by atoms with Crippen molar-refractivity contribution in [1.29, 1.82) is 0 Å². The normalized spacial score (nSPS) is 13.2. The number of nitrogens with zero attached hydrogens (tertiary/aromatic N) is 4. The molecule has 238 valence electrons. The van der Waals surface area contributed by atoms with Crippen molar-refractivity contribution in [3.8, 4) is 28.5 Å². The Morgan fingerprint density at radius 3 is 2.18 bits per heavy atom. The molecule has 0 aliphatic heterocycles. The molecule has 2 aromatic carbocycles. The highest BCUT2D eigenvalue weighted by Crippen LogP contribution is 2.28. The van der Waals surface area contributed by atoms with Crippen molar-refractivity contribution in [2.75, 3.05) is 6.61 Å². The summed E-state index contributed by atoms with van der Waals surface area (Å²) < 4.78 is 36.7. The van der Waals surface area contributed by atoms with Crippen LogP contribution in [0.5, 0.6) is 5.75 Å². The molecular weight excluding hydrogens is 589 g/mol. The molecule has 15 heteroatoms. The summed E-state index contributed by atoms with van der Waals surface area (Å²) in [5.74, 6) is -1.15. The van der Waals surface area contributed by atoms with Crippen molar-refractivity contribution in [1.82, 2.24) is 25.6 Å². The van der Waals surface area contributed by atoms with Crippen LogP contribution in [0.2, 0.25) is 0 Å². The second-order valence-electron chi connectivity index (χ2n) is 10.6. The molecule has 5 N–H and O–H groups in total. The summed E-state index contributed by atoms with van der Waals surface area (Å²) in [5.41, 5.74) is 11.3. The number of carbonyl (C=O) groups is 3. The average Bonchev–Trinajstić information content (AvgIpc) is 3.70. The standard InChI is InChI=1S/C30H34FN7O7/c1-5-23(43-19-9-6-17(7-10-19)25-35-28(15(2)3)44-37-25)29-36-26(38-45-29)18-8-11-20(21(31)12-18)27(40)34-16(4)14-42-30(41)22(32)13-24(33)39/h6-12,15-16,22-23H,5,13-14,32H2,1-4H3,(H2,33,39)(H,34,40). The molecule has 4 rings (SSSR count). The van der Waals surface area contributed by atoms with E-state index in [-0.39, 0.29) is 41.8 Å². The monoisotopic (exact) mass is 623 g/mol. The van der Waals surface area contributed by atoms with Crippen LogP contribution in [0.15, 0.2) is 51.5 Å². The number of hydrogen-bond donors (Lipinski definition) is 3. The van der Waals surface area contributed by atoms with E-state index < -0.39 is 41.8 Å². The largest absolute Gasteiger partial charge is 0.481 e. The van der Waals surface area contributed by atoms with Crippen LogP contribution < -0.4 is 21.5 Å². The van der Waals surface area contributed by atoms with Crippen molar-refractivity contribution in [3.63, 3.8) is 0 Å². The number of halogens is 1. The Morgan fingerprint density at radius 2 is 1.58 bits per heavy atom. The van der Waals surface area contributed by atoms with Gasteiger partial charge in [-0.2, -0.15) is 9.97 Å². The van der Waals surface area contributed by atoms with Gasteiger partial charge in [-0.3, -0.25) is 14.4 Å². The highest BCUT2D eigenvalue weighted by molar-refractivity contribution is 5.95. The summed E-state index contributed by atoms with van der Waals surface area (Å²) in [6.07, 6.45) is -0.447. The number of primary amides is 1. The number of ether oxygens (including phenoxy) is 2. The maximum atomic E-state index is 15.0. The first-order valence-electron chi connectivity index (χ1n) is 14.2. The van der Waals surface area contributed by atoms with Gasteiger partial charge in [0, 0.05) is 17.0 Å². The molecule has 0 radical (unpaired) electrons. The fourth-order valence-corrected chi connectivity index (χ4v) is 4.02. The number of rotatable bonds is 14. The van der Waals surface area contributed by atoms with E-state index in [4.69, 9.17) is 30.0 Å². The second kappa shape index (κ2) is 14.5. The van der Waals surface area contributed by atoms with Crippen molar-refractivity contribution in [2.45, 2.75) is 64.6 Å². The average molecular weight is 624 g/mol. The number of hydrogen-bond acceptors (Lipinski definition) is 12. The van der Waals surface area contributed by atoms with E-state index in [9.17, 15) is 18.8 Å². The fraction of sp³-hybridized carbons (Fsp3) is 0.367. The van der Waals surface area contributed by atoms with E-state index in [1.807, 2.05) is 32.9 Å². The van der Waals surface area contributed by atoms with Crippen LogP contribution >= 0.6 is 0 Å². The molecule has 3 atom stereocenters. The molecule has 0 aliphatic carbocycles. The maximum absolute atomic E-state index is 15.0. The van der Waals surface area contributed by atoms with Crippen LogP contribution in [0.3, 0.4) is 0 Å². The first-order chi connectivity index (χ1) is 21.4. The predicted octanol–water partition coefficient (Wildman–Crippen LogP) is 3.44. The minimum absolute atomic E-state index is 0.110. The van der Waals surface area contributed by atoms with E-state index in [0.29, 0.717) is 23.9 Å². The van der Waals surface area contributed by atoms with Crippen molar-refractivity contribution in [2.24, 2.45) is 11.5 Å². The zero-order chi connectivity index (χ0) is 32.7. The Bertz CT molecular complexity index is 1640. The molecule has 2 heterocycles. The second-order valence-corrected chi connectivity index (χ2v) is 10.6. The summed E-state index contributed by atoms with van der Waals surface area (Å²) in [4.78, 5) is 44.1. The molecule has 14 nitrogen and oxygen atoms in total. The molecule has 0 saturated carbocycles. The van der Waals surface area contributed by atoms with Gasteiger partial charge in [0.05, 0.1) is 18.0 Å². The molecule has 2 amide bonds. The van der Waals surface area contributed by atoms with Crippen molar-refractivity contribution >= 4 is 17.8 Å². The first-order valence-corrected chi connectivity index (χ1v) is 14.2. The van der Waals surface area contributed by atoms with Gasteiger partial charge in [-0.1, -0.05) is 37.2 Å². The zero-order valence-electron chi connectivity index (χ0n) is 25.2. The number of benzene rings is 2. The van der Waals surface area contributed by atoms with E-state index in [1.165, 1.54) is 12.1 Å². The van der Waals surface area contributed by atoms with Gasteiger partial charge in [0.1, 0.15) is 24.2 Å². The first kappa shape index (κ1) is 32.7. The highest BCUT2D eigenvalue weighted by atomic mass is 19.1. The summed E-state index contributed by atoms with van der Waals surface area (Å²) in [6, 6.07) is 9.13. The Hall–Kier alpha value is -5.18. The van der Waals surface area contributed by atoms with Crippen LogP contribution in [-0.2, 0) is 14.3 Å². The highest BCUT2D eigenvalue weighted by Gasteiger charge is 2.23. The minimum atomic E-state index is -1.21. The number of nitrogens with one attached hydrogen (secondary N) is 1.